The van der Waals surface area contributed by atoms with E-state index in [0.717, 1.165) is 5.56 Å². The van der Waals surface area contributed by atoms with Crippen LogP contribution in [-0.2, 0) is 0 Å². The number of nitrogens with zero attached hydrogens (tertiary/aromatic N) is 3. The van der Waals surface area contributed by atoms with E-state index in [-0.39, 0.29) is 17.3 Å². The minimum Gasteiger partial charge on any atom is -0.431 e. The van der Waals surface area contributed by atoms with E-state index in [9.17, 15) is 10.1 Å². The number of hydrogen-bond acceptors (Lipinski definition) is 5. The number of ether oxygens (including phenoxy) is 1. The summed E-state index contributed by atoms with van der Waals surface area (Å²) in [5.74, 6) is 0.919. The van der Waals surface area contributed by atoms with Gasteiger partial charge in [0, 0.05) is 11.6 Å². The molecule has 1 heterocycles. The lowest BCUT2D eigenvalue weighted by Crippen LogP contribution is -1.98. The Kier molecular flexibility index (Phi) is 3.99. The highest BCUT2D eigenvalue weighted by molar-refractivity contribution is 5.85. The molecule has 0 aliphatic rings. The Balaban J connectivity index is 1.88. The zero-order valence-corrected chi connectivity index (χ0v) is 13.6. The van der Waals surface area contributed by atoms with Gasteiger partial charge in [0.15, 0.2) is 5.82 Å². The number of rotatable bonds is 4. The van der Waals surface area contributed by atoms with Crippen LogP contribution >= 0.6 is 0 Å². The van der Waals surface area contributed by atoms with Crippen molar-refractivity contribution in [3.63, 3.8) is 0 Å². The summed E-state index contributed by atoms with van der Waals surface area (Å²) in [5.41, 5.74) is 1.43. The van der Waals surface area contributed by atoms with Crippen LogP contribution < -0.4 is 4.74 Å². The van der Waals surface area contributed by atoms with E-state index in [1.54, 1.807) is 18.2 Å². The number of benzene rings is 3. The second-order valence-corrected chi connectivity index (χ2v) is 5.56. The highest BCUT2D eigenvalue weighted by atomic mass is 16.6. The summed E-state index contributed by atoms with van der Waals surface area (Å²) in [6.45, 7) is 0. The van der Waals surface area contributed by atoms with Crippen molar-refractivity contribution < 1.29 is 9.66 Å². The van der Waals surface area contributed by atoms with Crippen LogP contribution in [0.15, 0.2) is 78.9 Å². The molecule has 0 spiro atoms. The van der Waals surface area contributed by atoms with E-state index >= 15 is 0 Å². The lowest BCUT2D eigenvalue weighted by atomic mass is 10.2. The molecule has 6 nitrogen and oxygen atoms in total. The highest BCUT2D eigenvalue weighted by Crippen LogP contribution is 2.34. The fourth-order valence-electron chi connectivity index (χ4n) is 2.64. The van der Waals surface area contributed by atoms with Crippen LogP contribution in [0, 0.1) is 10.1 Å². The number of nitro groups is 1. The van der Waals surface area contributed by atoms with Crippen LogP contribution in [0.5, 0.6) is 11.6 Å². The molecule has 4 aromatic rings. The summed E-state index contributed by atoms with van der Waals surface area (Å²) < 4.78 is 5.85. The summed E-state index contributed by atoms with van der Waals surface area (Å²) >= 11 is 0. The zero-order chi connectivity index (χ0) is 17.9. The van der Waals surface area contributed by atoms with Gasteiger partial charge in [0.05, 0.1) is 15.8 Å². The van der Waals surface area contributed by atoms with Crippen LogP contribution in [0.3, 0.4) is 0 Å². The van der Waals surface area contributed by atoms with Crippen molar-refractivity contribution in [3.8, 4) is 23.0 Å². The van der Waals surface area contributed by atoms with Gasteiger partial charge in [0.1, 0.15) is 0 Å². The van der Waals surface area contributed by atoms with Crippen molar-refractivity contribution in [2.45, 2.75) is 0 Å². The van der Waals surface area contributed by atoms with Crippen LogP contribution in [0.1, 0.15) is 0 Å². The Labute approximate surface area is 148 Å². The molecular formula is C20H13N3O3. The maximum atomic E-state index is 11.3. The third-order valence-corrected chi connectivity index (χ3v) is 3.87. The van der Waals surface area contributed by atoms with E-state index in [4.69, 9.17) is 4.74 Å². The van der Waals surface area contributed by atoms with Crippen LogP contribution in [0.2, 0.25) is 0 Å². The van der Waals surface area contributed by atoms with Crippen molar-refractivity contribution in [1.29, 1.82) is 0 Å². The molecule has 0 bridgehead atoms. The third-order valence-electron chi connectivity index (χ3n) is 3.87. The Morgan fingerprint density at radius 1 is 0.808 bits per heavy atom. The third kappa shape index (κ3) is 2.95. The Bertz CT molecular complexity index is 1100. The molecule has 126 valence electrons. The molecule has 0 radical (unpaired) electrons. The van der Waals surface area contributed by atoms with Crippen molar-refractivity contribution in [2.24, 2.45) is 0 Å². The SMILES string of the molecule is O=[N+]([O-])c1ccccc1Oc1nc(-c2ccccc2)nc2ccccc12. The van der Waals surface area contributed by atoms with Gasteiger partial charge in [-0.2, -0.15) is 4.98 Å². The average Bonchev–Trinajstić information content (AvgIpc) is 2.69. The van der Waals surface area contributed by atoms with Gasteiger partial charge in [0.2, 0.25) is 11.6 Å². The Morgan fingerprint density at radius 2 is 1.50 bits per heavy atom. The molecule has 1 aromatic heterocycles. The fourth-order valence-corrected chi connectivity index (χ4v) is 2.64. The maximum absolute atomic E-state index is 11.3. The van der Waals surface area contributed by atoms with Gasteiger partial charge < -0.3 is 4.74 Å². The molecule has 0 N–H and O–H groups in total. The molecular weight excluding hydrogens is 330 g/mol. The molecule has 26 heavy (non-hydrogen) atoms. The first-order chi connectivity index (χ1) is 12.7. The number of para-hydroxylation sites is 3. The van der Waals surface area contributed by atoms with Crippen molar-refractivity contribution >= 4 is 16.6 Å². The molecule has 0 atom stereocenters. The van der Waals surface area contributed by atoms with E-state index in [0.29, 0.717) is 16.7 Å². The lowest BCUT2D eigenvalue weighted by Gasteiger charge is -2.10. The van der Waals surface area contributed by atoms with Crippen LogP contribution in [-0.4, -0.2) is 14.9 Å². The predicted molar refractivity (Wildman–Crippen MR) is 98.1 cm³/mol. The second-order valence-electron chi connectivity index (χ2n) is 5.56. The van der Waals surface area contributed by atoms with Gasteiger partial charge in [-0.25, -0.2) is 4.98 Å². The zero-order valence-electron chi connectivity index (χ0n) is 13.6. The molecule has 3 aromatic carbocycles. The normalized spacial score (nSPS) is 10.6. The topological polar surface area (TPSA) is 78.2 Å². The molecule has 0 aliphatic heterocycles. The first-order valence-corrected chi connectivity index (χ1v) is 7.96. The minimum absolute atomic E-state index is 0.114. The monoisotopic (exact) mass is 343 g/mol. The smallest absolute Gasteiger partial charge is 0.311 e. The highest BCUT2D eigenvalue weighted by Gasteiger charge is 2.17. The molecule has 4 rings (SSSR count). The van der Waals surface area contributed by atoms with Gasteiger partial charge >= 0.3 is 5.69 Å². The Hall–Kier alpha value is -3.80. The number of hydrogen-bond donors (Lipinski definition) is 0. The molecule has 0 aliphatic carbocycles. The fraction of sp³-hybridized carbons (Fsp3) is 0. The first kappa shape index (κ1) is 15.7. The van der Waals surface area contributed by atoms with Crippen molar-refractivity contribution in [1.82, 2.24) is 9.97 Å². The van der Waals surface area contributed by atoms with Gasteiger partial charge in [-0.15, -0.1) is 0 Å². The van der Waals surface area contributed by atoms with E-state index in [1.807, 2.05) is 54.6 Å². The second kappa shape index (κ2) is 6.60. The van der Waals surface area contributed by atoms with Crippen molar-refractivity contribution in [2.75, 3.05) is 0 Å². The van der Waals surface area contributed by atoms with Gasteiger partial charge in [-0.05, 0) is 18.2 Å². The molecule has 0 unspecified atom stereocenters. The van der Waals surface area contributed by atoms with E-state index in [1.165, 1.54) is 6.07 Å². The van der Waals surface area contributed by atoms with Gasteiger partial charge in [0.25, 0.3) is 0 Å². The van der Waals surface area contributed by atoms with E-state index in [2.05, 4.69) is 9.97 Å². The summed E-state index contributed by atoms with van der Waals surface area (Å²) in [6.07, 6.45) is 0. The lowest BCUT2D eigenvalue weighted by molar-refractivity contribution is -0.385. The summed E-state index contributed by atoms with van der Waals surface area (Å²) in [5, 5.41) is 11.9. The van der Waals surface area contributed by atoms with E-state index < -0.39 is 4.92 Å². The molecule has 6 heteroatoms. The predicted octanol–water partition coefficient (Wildman–Crippen LogP) is 5.00. The summed E-state index contributed by atoms with van der Waals surface area (Å²) in [4.78, 5) is 19.9. The molecule has 0 amide bonds. The molecule has 0 fully saturated rings. The Morgan fingerprint density at radius 3 is 2.31 bits per heavy atom. The summed E-state index contributed by atoms with van der Waals surface area (Å²) in [6, 6.07) is 23.2. The number of nitro benzene ring substituents is 1. The number of aromatic nitrogens is 2. The quantitative estimate of drug-likeness (QED) is 0.385. The van der Waals surface area contributed by atoms with Gasteiger partial charge in [-0.1, -0.05) is 54.6 Å². The van der Waals surface area contributed by atoms with Crippen LogP contribution in [0.25, 0.3) is 22.3 Å². The first-order valence-electron chi connectivity index (χ1n) is 7.96. The largest absolute Gasteiger partial charge is 0.431 e. The number of fused-ring (bicyclic) bond motifs is 1. The maximum Gasteiger partial charge on any atom is 0.311 e. The van der Waals surface area contributed by atoms with Crippen LogP contribution in [0.4, 0.5) is 5.69 Å². The molecule has 0 saturated carbocycles. The summed E-state index contributed by atoms with van der Waals surface area (Å²) in [7, 11) is 0. The molecule has 0 saturated heterocycles. The van der Waals surface area contributed by atoms with Crippen molar-refractivity contribution in [3.05, 3.63) is 89.0 Å². The standard InChI is InChI=1S/C20H13N3O3/c24-23(25)17-12-6-7-13-18(17)26-20-15-10-4-5-11-16(15)21-19(22-20)14-8-2-1-3-9-14/h1-13H. The van der Waals surface area contributed by atoms with Gasteiger partial charge in [-0.3, -0.25) is 10.1 Å². The minimum atomic E-state index is -0.475. The average molecular weight is 343 g/mol.